The summed E-state index contributed by atoms with van der Waals surface area (Å²) in [5, 5.41) is 18.0. The Bertz CT molecular complexity index is 749. The molecule has 1 aromatic heterocycles. The van der Waals surface area contributed by atoms with E-state index in [1.165, 1.54) is 6.07 Å². The normalized spacial score (nSPS) is 11.1. The molecule has 0 aliphatic heterocycles. The van der Waals surface area contributed by atoms with Gasteiger partial charge in [-0.3, -0.25) is 10.4 Å². The molecule has 0 saturated heterocycles. The highest BCUT2D eigenvalue weighted by molar-refractivity contribution is 6.34. The fraction of sp³-hybridized carbons (Fsp3) is 0.267. The molecule has 1 aromatic carbocycles. The second kappa shape index (κ2) is 6.29. The van der Waals surface area contributed by atoms with Gasteiger partial charge in [0.05, 0.1) is 16.4 Å². The van der Waals surface area contributed by atoms with E-state index in [9.17, 15) is 9.59 Å². The zero-order valence-corrected chi connectivity index (χ0v) is 13.6. The van der Waals surface area contributed by atoms with E-state index < -0.39 is 17.7 Å². The Hall–Kier alpha value is -2.54. The minimum Gasteiger partial charge on any atom is -0.477 e. The van der Waals surface area contributed by atoms with Crippen molar-refractivity contribution in [1.82, 2.24) is 10.2 Å². The van der Waals surface area contributed by atoms with Crippen molar-refractivity contribution in [2.24, 2.45) is 0 Å². The van der Waals surface area contributed by atoms with Crippen LogP contribution in [0.5, 0.6) is 0 Å². The number of nitrogens with zero attached hydrogens (tertiary/aromatic N) is 1. The third-order valence-electron chi connectivity index (χ3n) is 2.71. The van der Waals surface area contributed by atoms with Crippen molar-refractivity contribution in [2.75, 3.05) is 5.32 Å². The predicted octanol–water partition coefficient (Wildman–Crippen LogP) is 3.78. The fourth-order valence-electron chi connectivity index (χ4n) is 1.77. The van der Waals surface area contributed by atoms with Crippen LogP contribution in [-0.2, 0) is 4.74 Å². The molecule has 122 valence electrons. The van der Waals surface area contributed by atoms with E-state index in [-0.39, 0.29) is 10.7 Å². The zero-order valence-electron chi connectivity index (χ0n) is 12.8. The maximum Gasteiger partial charge on any atom is 0.412 e. The van der Waals surface area contributed by atoms with Crippen LogP contribution >= 0.6 is 11.6 Å². The number of aromatic amines is 1. The standard InChI is InChI=1S/C15H16ClN3O4/c1-15(2,3)23-14(22)17-10-5-4-8(6-9(10)16)11-7-12(13(20)21)19-18-11/h4-7H,1-3H3,(H,17,22)(H,18,19)(H,20,21). The smallest absolute Gasteiger partial charge is 0.412 e. The molecule has 0 fully saturated rings. The summed E-state index contributed by atoms with van der Waals surface area (Å²) in [6, 6.07) is 6.24. The lowest BCUT2D eigenvalue weighted by Crippen LogP contribution is -2.27. The van der Waals surface area contributed by atoms with Crippen LogP contribution in [0.4, 0.5) is 10.5 Å². The summed E-state index contributed by atoms with van der Waals surface area (Å²) >= 11 is 6.14. The topological polar surface area (TPSA) is 104 Å². The molecule has 0 radical (unpaired) electrons. The molecule has 0 atom stereocenters. The summed E-state index contributed by atoms with van der Waals surface area (Å²) in [7, 11) is 0. The zero-order chi connectivity index (χ0) is 17.2. The van der Waals surface area contributed by atoms with Crippen molar-refractivity contribution in [3.63, 3.8) is 0 Å². The number of aromatic nitrogens is 2. The van der Waals surface area contributed by atoms with Crippen LogP contribution in [0.15, 0.2) is 24.3 Å². The number of carboxylic acid groups (broad SMARTS) is 1. The lowest BCUT2D eigenvalue weighted by Gasteiger charge is -2.20. The number of benzene rings is 1. The van der Waals surface area contributed by atoms with E-state index in [0.717, 1.165) is 0 Å². The fourth-order valence-corrected chi connectivity index (χ4v) is 2.00. The molecule has 2 rings (SSSR count). The van der Waals surface area contributed by atoms with E-state index in [1.54, 1.807) is 39.0 Å². The first-order valence-corrected chi connectivity index (χ1v) is 7.12. The van der Waals surface area contributed by atoms with E-state index in [2.05, 4.69) is 15.5 Å². The largest absolute Gasteiger partial charge is 0.477 e. The van der Waals surface area contributed by atoms with Gasteiger partial charge in [-0.15, -0.1) is 0 Å². The predicted molar refractivity (Wildman–Crippen MR) is 85.8 cm³/mol. The molecule has 7 nitrogen and oxygen atoms in total. The van der Waals surface area contributed by atoms with Crippen LogP contribution in [0, 0.1) is 0 Å². The summed E-state index contributed by atoms with van der Waals surface area (Å²) in [6.45, 7) is 5.28. The molecule has 0 unspecified atom stereocenters. The number of hydrogen-bond acceptors (Lipinski definition) is 4. The highest BCUT2D eigenvalue weighted by Crippen LogP contribution is 2.28. The number of rotatable bonds is 3. The van der Waals surface area contributed by atoms with Gasteiger partial charge in [0.15, 0.2) is 0 Å². The molecule has 2 aromatic rings. The van der Waals surface area contributed by atoms with Crippen LogP contribution in [0.25, 0.3) is 11.3 Å². The number of aromatic carboxylic acids is 1. The SMILES string of the molecule is CC(C)(C)OC(=O)Nc1ccc(-c2cc(C(=O)O)[nH]n2)cc1Cl. The summed E-state index contributed by atoms with van der Waals surface area (Å²) in [6.07, 6.45) is -0.611. The molecule has 0 saturated carbocycles. The second-order valence-corrected chi connectivity index (χ2v) is 6.20. The average molecular weight is 338 g/mol. The van der Waals surface area contributed by atoms with Gasteiger partial charge in [-0.2, -0.15) is 5.10 Å². The van der Waals surface area contributed by atoms with Crippen molar-refractivity contribution < 1.29 is 19.4 Å². The number of carbonyl (C=O) groups is 2. The number of carboxylic acids is 1. The monoisotopic (exact) mass is 337 g/mol. The minimum atomic E-state index is -1.10. The van der Waals surface area contributed by atoms with Crippen molar-refractivity contribution >= 4 is 29.4 Å². The third kappa shape index (κ3) is 4.46. The average Bonchev–Trinajstić information content (AvgIpc) is 2.88. The molecule has 8 heteroatoms. The lowest BCUT2D eigenvalue weighted by molar-refractivity contribution is 0.0634. The molecule has 0 bridgehead atoms. The Balaban J connectivity index is 2.17. The minimum absolute atomic E-state index is 0.0212. The molecule has 0 aliphatic rings. The van der Waals surface area contributed by atoms with Crippen molar-refractivity contribution in [1.29, 1.82) is 0 Å². The van der Waals surface area contributed by atoms with Gasteiger partial charge in [-0.25, -0.2) is 9.59 Å². The molecule has 1 heterocycles. The van der Waals surface area contributed by atoms with Crippen LogP contribution in [0.3, 0.4) is 0 Å². The highest BCUT2D eigenvalue weighted by Gasteiger charge is 2.17. The number of amides is 1. The Morgan fingerprint density at radius 3 is 2.52 bits per heavy atom. The van der Waals surface area contributed by atoms with Gasteiger partial charge >= 0.3 is 12.1 Å². The summed E-state index contributed by atoms with van der Waals surface area (Å²) < 4.78 is 5.15. The Labute approximate surface area is 137 Å². The van der Waals surface area contributed by atoms with Crippen LogP contribution < -0.4 is 5.32 Å². The van der Waals surface area contributed by atoms with E-state index in [4.69, 9.17) is 21.4 Å². The Morgan fingerprint density at radius 1 is 1.30 bits per heavy atom. The first kappa shape index (κ1) is 16.8. The number of carbonyl (C=O) groups excluding carboxylic acids is 1. The van der Waals surface area contributed by atoms with Gasteiger partial charge < -0.3 is 9.84 Å². The van der Waals surface area contributed by atoms with E-state index >= 15 is 0 Å². The molecule has 3 N–H and O–H groups in total. The van der Waals surface area contributed by atoms with Gasteiger partial charge in [-0.05, 0) is 39.0 Å². The number of halogens is 1. The molecular formula is C15H16ClN3O4. The number of hydrogen-bond donors (Lipinski definition) is 3. The lowest BCUT2D eigenvalue weighted by atomic mass is 10.1. The van der Waals surface area contributed by atoms with Crippen LogP contribution in [-0.4, -0.2) is 33.0 Å². The number of nitrogens with one attached hydrogen (secondary N) is 2. The van der Waals surface area contributed by atoms with Crippen LogP contribution in [0.2, 0.25) is 5.02 Å². The van der Waals surface area contributed by atoms with Gasteiger partial charge in [-0.1, -0.05) is 17.7 Å². The van der Waals surface area contributed by atoms with Gasteiger partial charge in [0.1, 0.15) is 11.3 Å². The van der Waals surface area contributed by atoms with E-state index in [1.807, 2.05) is 0 Å². The first-order valence-electron chi connectivity index (χ1n) is 6.74. The molecule has 23 heavy (non-hydrogen) atoms. The highest BCUT2D eigenvalue weighted by atomic mass is 35.5. The molecule has 1 amide bonds. The van der Waals surface area contributed by atoms with E-state index in [0.29, 0.717) is 16.9 Å². The maximum atomic E-state index is 11.7. The number of H-pyrrole nitrogens is 1. The third-order valence-corrected chi connectivity index (χ3v) is 3.02. The molecule has 0 aliphatic carbocycles. The summed E-state index contributed by atoms with van der Waals surface area (Å²) in [5.74, 6) is -1.10. The van der Waals surface area contributed by atoms with Crippen LogP contribution in [0.1, 0.15) is 31.3 Å². The first-order chi connectivity index (χ1) is 10.7. The Kier molecular flexibility index (Phi) is 4.60. The van der Waals surface area contributed by atoms with Crippen molar-refractivity contribution in [3.05, 3.63) is 35.0 Å². The van der Waals surface area contributed by atoms with Gasteiger partial charge in [0.25, 0.3) is 0 Å². The summed E-state index contributed by atoms with van der Waals surface area (Å²) in [4.78, 5) is 22.6. The Morgan fingerprint density at radius 2 is 2.00 bits per heavy atom. The maximum absolute atomic E-state index is 11.7. The second-order valence-electron chi connectivity index (χ2n) is 5.79. The quantitative estimate of drug-likeness (QED) is 0.790. The number of ether oxygens (including phenoxy) is 1. The summed E-state index contributed by atoms with van der Waals surface area (Å²) in [5.41, 5.74) is 0.811. The molecule has 0 spiro atoms. The van der Waals surface area contributed by atoms with Crippen molar-refractivity contribution in [2.45, 2.75) is 26.4 Å². The van der Waals surface area contributed by atoms with Crippen molar-refractivity contribution in [3.8, 4) is 11.3 Å². The number of anilines is 1. The van der Waals surface area contributed by atoms with Gasteiger partial charge in [0.2, 0.25) is 0 Å². The van der Waals surface area contributed by atoms with Gasteiger partial charge in [0, 0.05) is 5.56 Å². The molecular weight excluding hydrogens is 322 g/mol.